The zero-order chi connectivity index (χ0) is 16.5. The van der Waals surface area contributed by atoms with E-state index in [1.165, 1.54) is 10.9 Å². The summed E-state index contributed by atoms with van der Waals surface area (Å²) in [5.41, 5.74) is 3.38. The molecule has 1 nitrogen and oxygen atoms in total. The van der Waals surface area contributed by atoms with Gasteiger partial charge in [-0.3, -0.25) is 0 Å². The molecule has 0 fully saturated rings. The van der Waals surface area contributed by atoms with E-state index in [4.69, 9.17) is 1.37 Å². The number of nitrogens with zero attached hydrogens (tertiary/aromatic N) is 1. The molecule has 0 aromatic heterocycles. The summed E-state index contributed by atoms with van der Waals surface area (Å²) in [5.74, 6) is -0.546. The first-order valence-corrected chi connectivity index (χ1v) is 11.0. The lowest BCUT2D eigenvalue weighted by Crippen LogP contribution is -2.37. The summed E-state index contributed by atoms with van der Waals surface area (Å²) in [4.78, 5) is 2.19. The number of benzene rings is 2. The van der Waals surface area contributed by atoms with Crippen molar-refractivity contribution in [1.29, 1.82) is 0 Å². The monoisotopic (exact) mass is 298 g/mol. The average Bonchev–Trinajstić information content (AvgIpc) is 2.45. The highest BCUT2D eigenvalue weighted by molar-refractivity contribution is 6.88. The van der Waals surface area contributed by atoms with Crippen molar-refractivity contribution in [3.63, 3.8) is 0 Å². The largest absolute Gasteiger partial charge is 0.345 e. The predicted molar refractivity (Wildman–Crippen MR) is 98.0 cm³/mol. The highest BCUT2D eigenvalue weighted by Gasteiger charge is 2.16. The summed E-state index contributed by atoms with van der Waals surface area (Å²) in [6.07, 6.45) is 0. The van der Waals surface area contributed by atoms with Crippen molar-refractivity contribution in [1.82, 2.24) is 0 Å². The minimum Gasteiger partial charge on any atom is -0.345 e. The third-order valence-electron chi connectivity index (χ3n) is 3.95. The van der Waals surface area contributed by atoms with Crippen LogP contribution in [0.15, 0.2) is 48.5 Å². The van der Waals surface area contributed by atoms with Crippen molar-refractivity contribution in [2.75, 3.05) is 11.9 Å². The van der Waals surface area contributed by atoms with Crippen molar-refractivity contribution in [3.8, 4) is 0 Å². The minimum atomic E-state index is -1.24. The number of hydrogen-bond donors (Lipinski definition) is 0. The van der Waals surface area contributed by atoms with Crippen LogP contribution in [-0.2, 0) is 0 Å². The molecule has 0 aliphatic carbocycles. The SMILES string of the molecule is [2H]C(C)(C)c1ccc(N(C)c2ccc([Si](C)(C)C)cc2)cc1. The molecule has 21 heavy (non-hydrogen) atoms. The Hall–Kier alpha value is -1.54. The van der Waals surface area contributed by atoms with Gasteiger partial charge in [-0.2, -0.15) is 0 Å². The Balaban J connectivity index is 2.23. The van der Waals surface area contributed by atoms with Crippen LogP contribution in [0.5, 0.6) is 0 Å². The Morgan fingerprint density at radius 3 is 1.67 bits per heavy atom. The third-order valence-corrected chi connectivity index (χ3v) is 6.02. The standard InChI is InChI=1S/C19H27NSi/c1-15(2)16-7-9-17(10-8-16)20(3)18-11-13-19(14-12-18)21(4,5)6/h7-15H,1-6H3/i15D. The number of anilines is 2. The molecule has 0 bridgehead atoms. The lowest BCUT2D eigenvalue weighted by atomic mass is 10.0. The van der Waals surface area contributed by atoms with E-state index < -0.39 is 14.0 Å². The summed E-state index contributed by atoms with van der Waals surface area (Å²) < 4.78 is 8.09. The maximum atomic E-state index is 8.09. The second kappa shape index (κ2) is 6.06. The predicted octanol–water partition coefficient (Wildman–Crippen LogP) is 5.12. The van der Waals surface area contributed by atoms with Gasteiger partial charge in [0.1, 0.15) is 0 Å². The van der Waals surface area contributed by atoms with Crippen molar-refractivity contribution in [3.05, 3.63) is 54.1 Å². The van der Waals surface area contributed by atoms with E-state index in [2.05, 4.69) is 80.1 Å². The Morgan fingerprint density at radius 2 is 1.29 bits per heavy atom. The molecule has 0 heterocycles. The summed E-state index contributed by atoms with van der Waals surface area (Å²) in [7, 11) is 0.850. The fourth-order valence-electron chi connectivity index (χ4n) is 2.35. The molecule has 0 spiro atoms. The first-order valence-electron chi connectivity index (χ1n) is 8.04. The van der Waals surface area contributed by atoms with Crippen LogP contribution in [-0.4, -0.2) is 15.1 Å². The molecule has 0 N–H and O–H groups in total. The number of rotatable bonds is 4. The Bertz CT molecular complexity index is 561. The maximum absolute atomic E-state index is 8.09. The number of hydrogen-bond acceptors (Lipinski definition) is 1. The Labute approximate surface area is 132 Å². The smallest absolute Gasteiger partial charge is 0.0775 e. The fraction of sp³-hybridized carbons (Fsp3) is 0.368. The fourth-order valence-corrected chi connectivity index (χ4v) is 3.52. The second-order valence-electron chi connectivity index (χ2n) is 6.90. The molecular formula is C19H27NSi. The Kier molecular flexibility index (Phi) is 4.16. The molecule has 2 aromatic carbocycles. The van der Waals surface area contributed by atoms with E-state index >= 15 is 0 Å². The van der Waals surface area contributed by atoms with Crippen LogP contribution < -0.4 is 10.1 Å². The molecule has 2 heteroatoms. The van der Waals surface area contributed by atoms with Gasteiger partial charge < -0.3 is 4.90 Å². The van der Waals surface area contributed by atoms with Crippen LogP contribution in [0.25, 0.3) is 0 Å². The molecule has 0 saturated carbocycles. The second-order valence-corrected chi connectivity index (χ2v) is 12.0. The van der Waals surface area contributed by atoms with Gasteiger partial charge in [-0.1, -0.05) is 62.9 Å². The van der Waals surface area contributed by atoms with Crippen LogP contribution in [0.2, 0.25) is 19.6 Å². The molecule has 0 atom stereocenters. The van der Waals surface area contributed by atoms with Crippen LogP contribution in [0.3, 0.4) is 0 Å². The average molecular weight is 299 g/mol. The molecule has 112 valence electrons. The van der Waals surface area contributed by atoms with E-state index in [9.17, 15) is 0 Å². The molecule has 2 rings (SSSR count). The van der Waals surface area contributed by atoms with Crippen LogP contribution >= 0.6 is 0 Å². The normalized spacial score (nSPS) is 13.0. The molecule has 0 radical (unpaired) electrons. The van der Waals surface area contributed by atoms with Gasteiger partial charge in [-0.05, 0) is 35.7 Å². The lowest BCUT2D eigenvalue weighted by Gasteiger charge is -2.22. The summed E-state index contributed by atoms with van der Waals surface area (Å²) in [5, 5.41) is 1.48. The summed E-state index contributed by atoms with van der Waals surface area (Å²) in [6, 6.07) is 17.2. The third kappa shape index (κ3) is 3.76. The maximum Gasteiger partial charge on any atom is 0.0775 e. The van der Waals surface area contributed by atoms with Gasteiger partial charge in [-0.15, -0.1) is 0 Å². The molecule has 0 aliphatic rings. The quantitative estimate of drug-likeness (QED) is 0.708. The molecular weight excluding hydrogens is 270 g/mol. The zero-order valence-corrected chi connectivity index (χ0v) is 15.1. The van der Waals surface area contributed by atoms with Gasteiger partial charge in [0.25, 0.3) is 0 Å². The van der Waals surface area contributed by atoms with Gasteiger partial charge in [0.05, 0.1) is 8.07 Å². The van der Waals surface area contributed by atoms with E-state index in [0.717, 1.165) is 11.3 Å². The summed E-state index contributed by atoms with van der Waals surface area (Å²) >= 11 is 0. The van der Waals surface area contributed by atoms with Crippen LogP contribution in [0, 0.1) is 0 Å². The summed E-state index contributed by atoms with van der Waals surface area (Å²) in [6.45, 7) is 10.9. The lowest BCUT2D eigenvalue weighted by molar-refractivity contribution is 0.866. The first kappa shape index (κ1) is 14.4. The highest BCUT2D eigenvalue weighted by Crippen LogP contribution is 2.25. The zero-order valence-electron chi connectivity index (χ0n) is 15.1. The van der Waals surface area contributed by atoms with Crippen molar-refractivity contribution >= 4 is 24.6 Å². The van der Waals surface area contributed by atoms with Gasteiger partial charge in [0, 0.05) is 19.8 Å². The van der Waals surface area contributed by atoms with E-state index in [1.54, 1.807) is 0 Å². The highest BCUT2D eigenvalue weighted by atomic mass is 28.3. The van der Waals surface area contributed by atoms with Gasteiger partial charge in [0.15, 0.2) is 0 Å². The molecule has 2 aromatic rings. The Morgan fingerprint density at radius 1 is 0.857 bits per heavy atom. The van der Waals surface area contributed by atoms with E-state index in [0.29, 0.717) is 0 Å². The van der Waals surface area contributed by atoms with E-state index in [1.807, 2.05) is 13.8 Å². The molecule has 0 amide bonds. The van der Waals surface area contributed by atoms with Gasteiger partial charge in [-0.25, -0.2) is 0 Å². The van der Waals surface area contributed by atoms with Crippen LogP contribution in [0.1, 0.15) is 26.7 Å². The molecule has 0 saturated heterocycles. The first-order chi connectivity index (χ1) is 10.1. The van der Waals surface area contributed by atoms with Crippen molar-refractivity contribution < 1.29 is 1.37 Å². The van der Waals surface area contributed by atoms with E-state index in [-0.39, 0.29) is 0 Å². The minimum absolute atomic E-state index is 0.546. The molecule has 0 aliphatic heterocycles. The topological polar surface area (TPSA) is 3.24 Å². The van der Waals surface area contributed by atoms with Gasteiger partial charge >= 0.3 is 0 Å². The van der Waals surface area contributed by atoms with Gasteiger partial charge in [0.2, 0.25) is 0 Å². The van der Waals surface area contributed by atoms with Crippen molar-refractivity contribution in [2.24, 2.45) is 0 Å². The van der Waals surface area contributed by atoms with Crippen molar-refractivity contribution in [2.45, 2.75) is 39.4 Å². The van der Waals surface area contributed by atoms with Crippen LogP contribution in [0.4, 0.5) is 11.4 Å². The molecule has 0 unspecified atom stereocenters.